The molecule has 4 heteroatoms. The molecule has 4 nitrogen and oxygen atoms in total. The largest absolute Gasteiger partial charge is 0.356 e. The van der Waals surface area contributed by atoms with E-state index < -0.39 is 0 Å². The Balaban J connectivity index is 1.60. The standard InChI is InChI=1S/C19H32N4/c1-20-19(22-16-17-10-5-3-6-11-17)21-14-9-15-23(2)18-12-7-4-8-13-18/h3,5-6,10-11,18H,4,7-9,12-16H2,1-2H3,(H2,20,21,22). The molecular weight excluding hydrogens is 284 g/mol. The Bertz CT molecular complexity index is 452. The lowest BCUT2D eigenvalue weighted by Crippen LogP contribution is -2.39. The zero-order chi connectivity index (χ0) is 16.3. The molecule has 0 radical (unpaired) electrons. The Morgan fingerprint density at radius 1 is 1.13 bits per heavy atom. The van der Waals surface area contributed by atoms with Crippen LogP contribution in [0.1, 0.15) is 44.1 Å². The maximum Gasteiger partial charge on any atom is 0.191 e. The van der Waals surface area contributed by atoms with Crippen molar-refractivity contribution in [2.45, 2.75) is 51.1 Å². The Kier molecular flexibility index (Phi) is 7.95. The lowest BCUT2D eigenvalue weighted by atomic mass is 9.94. The van der Waals surface area contributed by atoms with Crippen molar-refractivity contribution < 1.29 is 0 Å². The fourth-order valence-corrected chi connectivity index (χ4v) is 3.24. The van der Waals surface area contributed by atoms with E-state index in [0.29, 0.717) is 0 Å². The molecule has 1 aromatic rings. The average molecular weight is 316 g/mol. The molecule has 23 heavy (non-hydrogen) atoms. The number of aliphatic imine (C=N–C) groups is 1. The van der Waals surface area contributed by atoms with Gasteiger partial charge < -0.3 is 15.5 Å². The van der Waals surface area contributed by atoms with Crippen LogP contribution in [0.5, 0.6) is 0 Å². The van der Waals surface area contributed by atoms with E-state index in [0.717, 1.165) is 38.1 Å². The van der Waals surface area contributed by atoms with Crippen LogP contribution in [0, 0.1) is 0 Å². The minimum absolute atomic E-state index is 0.805. The number of nitrogens with one attached hydrogen (secondary N) is 2. The first-order valence-electron chi connectivity index (χ1n) is 8.98. The summed E-state index contributed by atoms with van der Waals surface area (Å²) in [5, 5.41) is 6.77. The molecule has 2 rings (SSSR count). The van der Waals surface area contributed by atoms with Crippen molar-refractivity contribution >= 4 is 5.96 Å². The molecule has 1 saturated carbocycles. The van der Waals surface area contributed by atoms with Crippen LogP contribution < -0.4 is 10.6 Å². The summed E-state index contributed by atoms with van der Waals surface area (Å²) in [6.45, 7) is 2.93. The highest BCUT2D eigenvalue weighted by Crippen LogP contribution is 2.21. The lowest BCUT2D eigenvalue weighted by Gasteiger charge is -2.31. The molecule has 0 heterocycles. The molecule has 0 spiro atoms. The zero-order valence-corrected chi connectivity index (χ0v) is 14.7. The fraction of sp³-hybridized carbons (Fsp3) is 0.632. The summed E-state index contributed by atoms with van der Waals surface area (Å²) in [4.78, 5) is 6.83. The molecule has 0 bridgehead atoms. The smallest absolute Gasteiger partial charge is 0.191 e. The minimum Gasteiger partial charge on any atom is -0.356 e. The maximum atomic E-state index is 4.29. The van der Waals surface area contributed by atoms with Gasteiger partial charge in [0.15, 0.2) is 5.96 Å². The van der Waals surface area contributed by atoms with Gasteiger partial charge in [0.25, 0.3) is 0 Å². The molecule has 1 aliphatic rings. The molecule has 1 aromatic carbocycles. The van der Waals surface area contributed by atoms with Crippen LogP contribution in [0.15, 0.2) is 35.3 Å². The predicted octanol–water partition coefficient (Wildman–Crippen LogP) is 3.01. The van der Waals surface area contributed by atoms with Crippen LogP contribution >= 0.6 is 0 Å². The molecule has 0 saturated heterocycles. The van der Waals surface area contributed by atoms with E-state index in [2.05, 4.69) is 51.8 Å². The van der Waals surface area contributed by atoms with E-state index in [1.54, 1.807) is 0 Å². The van der Waals surface area contributed by atoms with E-state index in [1.807, 2.05) is 13.1 Å². The van der Waals surface area contributed by atoms with Crippen molar-refractivity contribution in [1.82, 2.24) is 15.5 Å². The number of benzene rings is 1. The Morgan fingerprint density at radius 3 is 2.57 bits per heavy atom. The van der Waals surface area contributed by atoms with E-state index in [4.69, 9.17) is 0 Å². The van der Waals surface area contributed by atoms with Crippen molar-refractivity contribution in [1.29, 1.82) is 0 Å². The van der Waals surface area contributed by atoms with Gasteiger partial charge in [-0.15, -0.1) is 0 Å². The van der Waals surface area contributed by atoms with E-state index in [1.165, 1.54) is 37.7 Å². The van der Waals surface area contributed by atoms with Gasteiger partial charge in [0.2, 0.25) is 0 Å². The summed E-state index contributed by atoms with van der Waals surface area (Å²) >= 11 is 0. The third-order valence-electron chi connectivity index (χ3n) is 4.70. The van der Waals surface area contributed by atoms with Crippen LogP contribution in [0.3, 0.4) is 0 Å². The van der Waals surface area contributed by atoms with Crippen molar-refractivity contribution in [2.75, 3.05) is 27.2 Å². The van der Waals surface area contributed by atoms with Crippen molar-refractivity contribution in [3.63, 3.8) is 0 Å². The molecule has 0 aliphatic heterocycles. The number of hydrogen-bond acceptors (Lipinski definition) is 2. The molecule has 128 valence electrons. The highest BCUT2D eigenvalue weighted by Gasteiger charge is 2.17. The van der Waals surface area contributed by atoms with Gasteiger partial charge in [0.1, 0.15) is 0 Å². The Morgan fingerprint density at radius 2 is 1.87 bits per heavy atom. The van der Waals surface area contributed by atoms with Crippen molar-refractivity contribution in [3.05, 3.63) is 35.9 Å². The molecule has 0 unspecified atom stereocenters. The highest BCUT2D eigenvalue weighted by atomic mass is 15.2. The summed E-state index contributed by atoms with van der Waals surface area (Å²) < 4.78 is 0. The third-order valence-corrected chi connectivity index (χ3v) is 4.70. The van der Waals surface area contributed by atoms with Gasteiger partial charge in [-0.2, -0.15) is 0 Å². The van der Waals surface area contributed by atoms with Crippen LogP contribution in [0.2, 0.25) is 0 Å². The fourth-order valence-electron chi connectivity index (χ4n) is 3.24. The Labute approximate surface area is 141 Å². The predicted molar refractivity (Wildman–Crippen MR) is 98.8 cm³/mol. The third kappa shape index (κ3) is 6.61. The minimum atomic E-state index is 0.805. The molecule has 0 aromatic heterocycles. The van der Waals surface area contributed by atoms with Crippen LogP contribution in [0.4, 0.5) is 0 Å². The quantitative estimate of drug-likeness (QED) is 0.461. The van der Waals surface area contributed by atoms with Gasteiger partial charge in [0.05, 0.1) is 0 Å². The van der Waals surface area contributed by atoms with Gasteiger partial charge >= 0.3 is 0 Å². The SMILES string of the molecule is CN=C(NCCCN(C)C1CCCCC1)NCc1ccccc1. The van der Waals surface area contributed by atoms with Crippen molar-refractivity contribution in [2.24, 2.45) is 4.99 Å². The van der Waals surface area contributed by atoms with Crippen LogP contribution in [-0.4, -0.2) is 44.1 Å². The monoisotopic (exact) mass is 316 g/mol. The molecule has 0 atom stereocenters. The molecule has 0 amide bonds. The van der Waals surface area contributed by atoms with Gasteiger partial charge in [-0.1, -0.05) is 49.6 Å². The van der Waals surface area contributed by atoms with Crippen molar-refractivity contribution in [3.8, 4) is 0 Å². The molecule has 1 fully saturated rings. The highest BCUT2D eigenvalue weighted by molar-refractivity contribution is 5.79. The topological polar surface area (TPSA) is 39.7 Å². The number of guanidine groups is 1. The molecular formula is C19H32N4. The van der Waals surface area contributed by atoms with Gasteiger partial charge in [-0.25, -0.2) is 0 Å². The number of rotatable bonds is 7. The summed E-state index contributed by atoms with van der Waals surface area (Å²) in [5.41, 5.74) is 1.27. The van der Waals surface area contributed by atoms with Gasteiger partial charge in [0, 0.05) is 26.2 Å². The summed E-state index contributed by atoms with van der Waals surface area (Å²) in [7, 11) is 4.10. The van der Waals surface area contributed by atoms with E-state index >= 15 is 0 Å². The summed E-state index contributed by atoms with van der Waals surface area (Å²) in [5.74, 6) is 0.883. The summed E-state index contributed by atoms with van der Waals surface area (Å²) in [6, 6.07) is 11.2. The van der Waals surface area contributed by atoms with E-state index in [9.17, 15) is 0 Å². The molecule has 2 N–H and O–H groups in total. The van der Waals surface area contributed by atoms with Crippen LogP contribution in [0.25, 0.3) is 0 Å². The second-order valence-corrected chi connectivity index (χ2v) is 6.46. The first-order chi connectivity index (χ1) is 11.3. The maximum absolute atomic E-state index is 4.29. The second kappa shape index (κ2) is 10.3. The average Bonchev–Trinajstić information content (AvgIpc) is 2.62. The first-order valence-corrected chi connectivity index (χ1v) is 8.98. The molecule has 1 aliphatic carbocycles. The van der Waals surface area contributed by atoms with Gasteiger partial charge in [-0.05, 0) is 38.4 Å². The van der Waals surface area contributed by atoms with Crippen LogP contribution in [-0.2, 0) is 6.54 Å². The van der Waals surface area contributed by atoms with Gasteiger partial charge in [-0.3, -0.25) is 4.99 Å². The number of hydrogen-bond donors (Lipinski definition) is 2. The van der Waals surface area contributed by atoms with E-state index in [-0.39, 0.29) is 0 Å². The zero-order valence-electron chi connectivity index (χ0n) is 14.7. The Hall–Kier alpha value is -1.55. The number of nitrogens with zero attached hydrogens (tertiary/aromatic N) is 2. The lowest BCUT2D eigenvalue weighted by molar-refractivity contribution is 0.190. The second-order valence-electron chi connectivity index (χ2n) is 6.46. The summed E-state index contributed by atoms with van der Waals surface area (Å²) in [6.07, 6.45) is 8.15. The first kappa shape index (κ1) is 17.8. The normalized spacial score (nSPS) is 16.6.